The maximum absolute atomic E-state index is 13.1. The van der Waals surface area contributed by atoms with Gasteiger partial charge in [0.2, 0.25) is 0 Å². The molecule has 1 N–H and O–H groups in total. The average Bonchev–Trinajstić information content (AvgIpc) is 2.96. The van der Waals surface area contributed by atoms with Gasteiger partial charge >= 0.3 is 12.1 Å². The second-order valence-corrected chi connectivity index (χ2v) is 11.2. The van der Waals surface area contributed by atoms with Crippen LogP contribution in [-0.4, -0.2) is 41.5 Å². The molecule has 3 rings (SSSR count). The van der Waals surface area contributed by atoms with Gasteiger partial charge in [0.15, 0.2) is 6.04 Å². The van der Waals surface area contributed by atoms with Crippen LogP contribution in [0.2, 0.25) is 0 Å². The van der Waals surface area contributed by atoms with Gasteiger partial charge < -0.3 is 23.8 Å². The fourth-order valence-electron chi connectivity index (χ4n) is 3.89. The lowest BCUT2D eigenvalue weighted by Gasteiger charge is -2.36. The first-order valence-corrected chi connectivity index (χ1v) is 14.5. The molecule has 214 valence electrons. The SMILES string of the molecule is CC(C)N(C(C)C)P(OCc1ccccc1)OC[C@@H](NC(=O)OCc1ccccc1)C(=O)OCc1ccccc1. The van der Waals surface area contributed by atoms with Crippen molar-refractivity contribution in [1.29, 1.82) is 0 Å². The number of hydrogen-bond acceptors (Lipinski definition) is 7. The van der Waals surface area contributed by atoms with E-state index in [1.807, 2.05) is 91.0 Å². The Hall–Kier alpha value is -3.29. The average molecular weight is 567 g/mol. The summed E-state index contributed by atoms with van der Waals surface area (Å²) >= 11 is 0. The van der Waals surface area contributed by atoms with Crippen molar-refractivity contribution in [3.8, 4) is 0 Å². The normalized spacial score (nSPS) is 12.8. The molecular formula is C31H39N2O6P. The van der Waals surface area contributed by atoms with Gasteiger partial charge in [-0.25, -0.2) is 14.3 Å². The molecule has 1 unspecified atom stereocenters. The third-order valence-electron chi connectivity index (χ3n) is 5.80. The van der Waals surface area contributed by atoms with E-state index in [4.69, 9.17) is 18.5 Å². The van der Waals surface area contributed by atoms with E-state index < -0.39 is 26.6 Å². The Morgan fingerprint density at radius 1 is 0.675 bits per heavy atom. The predicted molar refractivity (Wildman–Crippen MR) is 156 cm³/mol. The van der Waals surface area contributed by atoms with Gasteiger partial charge in [-0.1, -0.05) is 91.0 Å². The molecule has 0 bridgehead atoms. The van der Waals surface area contributed by atoms with Gasteiger partial charge in [-0.05, 0) is 44.4 Å². The van der Waals surface area contributed by atoms with Gasteiger partial charge in [0.25, 0.3) is 8.53 Å². The first-order chi connectivity index (χ1) is 19.3. The number of ether oxygens (including phenoxy) is 2. The molecule has 0 radical (unpaired) electrons. The first-order valence-electron chi connectivity index (χ1n) is 13.4. The van der Waals surface area contributed by atoms with Crippen molar-refractivity contribution in [2.45, 2.75) is 65.6 Å². The van der Waals surface area contributed by atoms with E-state index >= 15 is 0 Å². The van der Waals surface area contributed by atoms with Crippen molar-refractivity contribution in [1.82, 2.24) is 9.99 Å². The van der Waals surface area contributed by atoms with E-state index in [1.54, 1.807) is 0 Å². The molecule has 0 aliphatic rings. The molecule has 0 saturated carbocycles. The molecule has 0 saturated heterocycles. The largest absolute Gasteiger partial charge is 0.459 e. The molecule has 40 heavy (non-hydrogen) atoms. The third kappa shape index (κ3) is 10.7. The topological polar surface area (TPSA) is 86.3 Å². The second kappa shape index (κ2) is 16.7. The van der Waals surface area contributed by atoms with Crippen LogP contribution in [0.1, 0.15) is 44.4 Å². The van der Waals surface area contributed by atoms with Crippen LogP contribution >= 0.6 is 8.53 Å². The lowest BCUT2D eigenvalue weighted by Crippen LogP contribution is -2.45. The molecule has 0 spiro atoms. The number of rotatable bonds is 15. The van der Waals surface area contributed by atoms with Gasteiger partial charge in [-0.3, -0.25) is 0 Å². The van der Waals surface area contributed by atoms with E-state index in [9.17, 15) is 9.59 Å². The summed E-state index contributed by atoms with van der Waals surface area (Å²) in [5, 5.41) is 2.63. The number of hydrogen-bond donors (Lipinski definition) is 1. The summed E-state index contributed by atoms with van der Waals surface area (Å²) in [5.74, 6) is -0.626. The van der Waals surface area contributed by atoms with Crippen LogP contribution in [0.25, 0.3) is 0 Å². The summed E-state index contributed by atoms with van der Waals surface area (Å²) < 4.78 is 25.5. The molecule has 0 aliphatic heterocycles. The number of alkyl carbamates (subject to hydrolysis) is 1. The summed E-state index contributed by atoms with van der Waals surface area (Å²) in [6.07, 6.45) is -0.742. The van der Waals surface area contributed by atoms with Gasteiger partial charge in [-0.15, -0.1) is 0 Å². The Morgan fingerprint density at radius 2 is 1.12 bits per heavy atom. The molecule has 0 fully saturated rings. The zero-order valence-corrected chi connectivity index (χ0v) is 24.5. The molecule has 0 aliphatic carbocycles. The number of nitrogens with zero attached hydrogens (tertiary/aromatic N) is 1. The number of carbonyl (C=O) groups is 2. The van der Waals surface area contributed by atoms with Gasteiger partial charge in [0.1, 0.15) is 13.2 Å². The Bertz CT molecular complexity index is 1140. The quantitative estimate of drug-likeness (QED) is 0.164. The molecule has 2 atom stereocenters. The second-order valence-electron chi connectivity index (χ2n) is 9.71. The molecule has 0 aromatic heterocycles. The Morgan fingerprint density at radius 3 is 1.60 bits per heavy atom. The maximum atomic E-state index is 13.1. The zero-order chi connectivity index (χ0) is 28.7. The minimum absolute atomic E-state index is 0.0697. The predicted octanol–water partition coefficient (Wildman–Crippen LogP) is 6.60. The van der Waals surface area contributed by atoms with Gasteiger partial charge in [0, 0.05) is 12.1 Å². The maximum Gasteiger partial charge on any atom is 0.408 e. The lowest BCUT2D eigenvalue weighted by atomic mass is 10.2. The number of benzene rings is 3. The van der Waals surface area contributed by atoms with E-state index in [0.29, 0.717) is 6.61 Å². The molecule has 9 heteroatoms. The molecule has 3 aromatic rings. The van der Waals surface area contributed by atoms with Crippen LogP contribution in [0.3, 0.4) is 0 Å². The van der Waals surface area contributed by atoms with Crippen LogP contribution < -0.4 is 5.32 Å². The summed E-state index contributed by atoms with van der Waals surface area (Å²) in [6.45, 7) is 8.60. The third-order valence-corrected chi connectivity index (χ3v) is 7.82. The minimum Gasteiger partial charge on any atom is -0.459 e. The van der Waals surface area contributed by atoms with Gasteiger partial charge in [0.05, 0.1) is 13.2 Å². The van der Waals surface area contributed by atoms with Crippen molar-refractivity contribution in [3.63, 3.8) is 0 Å². The highest BCUT2D eigenvalue weighted by Gasteiger charge is 2.31. The number of esters is 1. The molecule has 3 aromatic carbocycles. The minimum atomic E-state index is -1.57. The molecule has 8 nitrogen and oxygen atoms in total. The van der Waals surface area contributed by atoms with Crippen molar-refractivity contribution in [2.75, 3.05) is 6.61 Å². The van der Waals surface area contributed by atoms with Crippen molar-refractivity contribution >= 4 is 20.6 Å². The first kappa shape index (κ1) is 31.2. The Labute approximate surface area is 238 Å². The standard InChI is InChI=1S/C31H39N2O6P/c1-24(2)33(25(3)4)40(38-22-28-18-12-7-13-19-28)39-23-29(30(34)36-20-26-14-8-5-9-15-26)32-31(35)37-21-27-16-10-6-11-17-27/h5-19,24-25,29H,20-23H2,1-4H3,(H,32,35)/t29-,40?/m1/s1. The van der Waals surface area contributed by atoms with Crippen LogP contribution in [0.15, 0.2) is 91.0 Å². The summed E-state index contributed by atoms with van der Waals surface area (Å²) in [4.78, 5) is 25.8. The van der Waals surface area contributed by atoms with Crippen molar-refractivity contribution in [2.24, 2.45) is 0 Å². The number of nitrogens with one attached hydrogen (secondary N) is 1. The fraction of sp³-hybridized carbons (Fsp3) is 0.355. The van der Waals surface area contributed by atoms with Crippen LogP contribution in [-0.2, 0) is 43.1 Å². The van der Waals surface area contributed by atoms with E-state index in [1.165, 1.54) is 0 Å². The summed E-state index contributed by atoms with van der Waals surface area (Å²) in [5.41, 5.74) is 2.67. The summed E-state index contributed by atoms with van der Waals surface area (Å²) in [6, 6.07) is 27.6. The smallest absolute Gasteiger partial charge is 0.408 e. The monoisotopic (exact) mass is 566 g/mol. The van der Waals surface area contributed by atoms with Crippen molar-refractivity contribution < 1.29 is 28.1 Å². The fourth-order valence-corrected chi connectivity index (χ4v) is 5.52. The van der Waals surface area contributed by atoms with E-state index in [0.717, 1.165) is 16.7 Å². The zero-order valence-electron chi connectivity index (χ0n) is 23.6. The highest BCUT2D eigenvalue weighted by Crippen LogP contribution is 2.46. The van der Waals surface area contributed by atoms with Crippen LogP contribution in [0.4, 0.5) is 4.79 Å². The Balaban J connectivity index is 1.70. The summed E-state index contributed by atoms with van der Waals surface area (Å²) in [7, 11) is -1.57. The van der Waals surface area contributed by atoms with Crippen LogP contribution in [0.5, 0.6) is 0 Å². The van der Waals surface area contributed by atoms with Crippen LogP contribution in [0, 0.1) is 0 Å². The highest BCUT2D eigenvalue weighted by atomic mass is 31.2. The Kier molecular flexibility index (Phi) is 13.1. The highest BCUT2D eigenvalue weighted by molar-refractivity contribution is 7.44. The van der Waals surface area contributed by atoms with E-state index in [2.05, 4.69) is 37.7 Å². The number of amides is 1. The number of carbonyl (C=O) groups excluding carboxylic acids is 2. The molecular weight excluding hydrogens is 527 g/mol. The molecule has 0 heterocycles. The van der Waals surface area contributed by atoms with E-state index in [-0.39, 0.29) is 31.9 Å². The van der Waals surface area contributed by atoms with Gasteiger partial charge in [-0.2, -0.15) is 0 Å². The lowest BCUT2D eigenvalue weighted by molar-refractivity contribution is -0.148. The molecule has 1 amide bonds. The van der Waals surface area contributed by atoms with Crippen molar-refractivity contribution in [3.05, 3.63) is 108 Å².